The van der Waals surface area contributed by atoms with Gasteiger partial charge in [0, 0.05) is 44.0 Å². The predicted molar refractivity (Wildman–Crippen MR) is 214 cm³/mol. The van der Waals surface area contributed by atoms with E-state index in [1.54, 1.807) is 39.2 Å². The zero-order valence-electron chi connectivity index (χ0n) is 34.2. The number of carbonyl (C=O) groups is 6. The molecule has 2 aliphatic heterocycles. The van der Waals surface area contributed by atoms with Gasteiger partial charge in [-0.05, 0) is 113 Å². The first-order valence-corrected chi connectivity index (χ1v) is 20.7. The van der Waals surface area contributed by atoms with Crippen LogP contribution in [0.15, 0.2) is 30.5 Å². The summed E-state index contributed by atoms with van der Waals surface area (Å²) < 4.78 is 5.29. The lowest BCUT2D eigenvalue weighted by Crippen LogP contribution is -2.69. The van der Waals surface area contributed by atoms with E-state index in [4.69, 9.17) is 16.2 Å². The maximum Gasteiger partial charge on any atom is 0.330 e. The van der Waals surface area contributed by atoms with Crippen molar-refractivity contribution in [3.05, 3.63) is 47.3 Å². The molecule has 5 N–H and O–H groups in total. The highest BCUT2D eigenvalue weighted by Crippen LogP contribution is 2.41. The second-order valence-corrected chi connectivity index (χ2v) is 16.7. The van der Waals surface area contributed by atoms with Crippen LogP contribution in [-0.2, 0) is 36.8 Å². The number of carboxylic acid groups (broad SMARTS) is 1. The fourth-order valence-electron chi connectivity index (χ4n) is 9.66. The van der Waals surface area contributed by atoms with E-state index in [2.05, 4.69) is 9.97 Å². The number of rotatable bonds is 12. The second kappa shape index (κ2) is 17.7. The summed E-state index contributed by atoms with van der Waals surface area (Å²) >= 11 is 0. The van der Waals surface area contributed by atoms with Crippen molar-refractivity contribution in [1.29, 1.82) is 0 Å². The van der Waals surface area contributed by atoms with Crippen LogP contribution in [0.2, 0.25) is 0 Å². The first kappa shape index (κ1) is 42.3. The highest BCUT2D eigenvalue weighted by Gasteiger charge is 2.57. The number of hydrogen-bond donors (Lipinski definition) is 3. The van der Waals surface area contributed by atoms with Crippen LogP contribution >= 0.6 is 0 Å². The number of imide groups is 2. The van der Waals surface area contributed by atoms with Crippen molar-refractivity contribution in [3.8, 4) is 0 Å². The van der Waals surface area contributed by atoms with Gasteiger partial charge in [0.25, 0.3) is 0 Å². The minimum absolute atomic E-state index is 0.0181. The van der Waals surface area contributed by atoms with Crippen molar-refractivity contribution >= 4 is 47.5 Å². The number of nitrogen functional groups attached to an aromatic ring is 2. The van der Waals surface area contributed by atoms with E-state index >= 15 is 0 Å². The largest absolute Gasteiger partial charge is 0.480 e. The van der Waals surface area contributed by atoms with E-state index in [1.807, 2.05) is 19.9 Å². The highest BCUT2D eigenvalue weighted by atomic mass is 16.5. The number of carboxylic acids is 1. The molecule has 0 spiro atoms. The summed E-state index contributed by atoms with van der Waals surface area (Å²) in [4.78, 5) is 93.7. The van der Waals surface area contributed by atoms with Crippen molar-refractivity contribution in [3.63, 3.8) is 0 Å². The quantitative estimate of drug-likeness (QED) is 0.200. The molecule has 2 aromatic heterocycles. The summed E-state index contributed by atoms with van der Waals surface area (Å²) in [6.45, 7) is 5.66. The summed E-state index contributed by atoms with van der Waals surface area (Å²) in [7, 11) is 3.28. The number of pyridine rings is 2. The van der Waals surface area contributed by atoms with Gasteiger partial charge in [-0.3, -0.25) is 9.59 Å². The fourth-order valence-corrected chi connectivity index (χ4v) is 9.66. The number of anilines is 2. The number of aliphatic carboxylic acids is 1. The molecule has 4 heterocycles. The van der Waals surface area contributed by atoms with Crippen LogP contribution in [0.3, 0.4) is 0 Å². The van der Waals surface area contributed by atoms with Gasteiger partial charge in [-0.25, -0.2) is 38.9 Å². The predicted octanol–water partition coefficient (Wildman–Crippen LogP) is 4.46. The topological polar surface area (TPSA) is 223 Å². The average molecular weight is 803 g/mol. The summed E-state index contributed by atoms with van der Waals surface area (Å²) in [6.07, 6.45) is 10.3. The molecular weight excluding hydrogens is 745 g/mol. The Labute approximate surface area is 339 Å². The molecule has 2 aromatic rings. The van der Waals surface area contributed by atoms with Gasteiger partial charge in [0.1, 0.15) is 11.6 Å². The van der Waals surface area contributed by atoms with E-state index in [0.717, 1.165) is 60.3 Å². The number of hydrogen-bond acceptors (Lipinski definition) is 11. The minimum Gasteiger partial charge on any atom is -0.480 e. The monoisotopic (exact) mass is 802 g/mol. The Morgan fingerprint density at radius 3 is 2.00 bits per heavy atom. The first-order valence-electron chi connectivity index (χ1n) is 20.7. The average Bonchev–Trinajstić information content (AvgIpc) is 3.21. The normalized spacial score (nSPS) is 25.9. The van der Waals surface area contributed by atoms with Crippen LogP contribution in [0.4, 0.5) is 21.2 Å². The van der Waals surface area contributed by atoms with Crippen molar-refractivity contribution in [2.45, 2.75) is 121 Å². The Morgan fingerprint density at radius 2 is 1.38 bits per heavy atom. The Bertz CT molecular complexity index is 1900. The molecule has 58 heavy (non-hydrogen) atoms. The molecule has 16 nitrogen and oxygen atoms in total. The van der Waals surface area contributed by atoms with Crippen LogP contribution in [0, 0.1) is 23.7 Å². The maximum absolute atomic E-state index is 13.9. The van der Waals surface area contributed by atoms with E-state index in [1.165, 1.54) is 22.4 Å². The molecule has 314 valence electrons. The molecule has 0 aromatic carbocycles. The maximum atomic E-state index is 13.9. The van der Waals surface area contributed by atoms with Crippen LogP contribution < -0.4 is 11.5 Å². The number of amides is 6. The molecule has 6 amide bonds. The van der Waals surface area contributed by atoms with Gasteiger partial charge in [0.2, 0.25) is 11.8 Å². The van der Waals surface area contributed by atoms with E-state index in [9.17, 15) is 33.9 Å². The van der Waals surface area contributed by atoms with E-state index in [0.29, 0.717) is 23.6 Å². The lowest BCUT2D eigenvalue weighted by molar-refractivity contribution is -0.170. The minimum atomic E-state index is -1.29. The standard InChI is InChI=1S/C42H58N8O8/c1-6-58-40(55)36-31(17-25-15-16-45-33(43)20-25)38(52)50(36)42(57)48(5)24(3)28-13-10-14-29(22-28)32-19-26(21-34(44)46-32)18-30-35(39(53)54)49(37(30)51)41(56)47(4)23(2)27-11-8-7-9-12-27/h15-16,19-21,23-24,27-31,35-36H,6-14,17-18,22H2,1-5H3,(H2,43,45)(H2,44,46)(H,53,54)/t23?,24?,28?,29?,30-,31-,35+,36+/m1/s1. The van der Waals surface area contributed by atoms with Crippen molar-refractivity contribution in [2.24, 2.45) is 23.7 Å². The summed E-state index contributed by atoms with van der Waals surface area (Å²) in [5, 5.41) is 10.2. The molecule has 2 saturated carbocycles. The Hall–Kier alpha value is -5.28. The van der Waals surface area contributed by atoms with E-state index in [-0.39, 0.29) is 55.0 Å². The van der Waals surface area contributed by atoms with Gasteiger partial charge in [-0.1, -0.05) is 25.7 Å². The molecule has 6 rings (SSSR count). The van der Waals surface area contributed by atoms with Gasteiger partial charge in [-0.2, -0.15) is 0 Å². The van der Waals surface area contributed by atoms with Gasteiger partial charge < -0.3 is 31.1 Å². The number of likely N-dealkylation sites (tertiary alicyclic amines) is 2. The molecule has 4 unspecified atom stereocenters. The second-order valence-electron chi connectivity index (χ2n) is 16.7. The molecule has 8 atom stereocenters. The number of nitrogens with zero attached hydrogens (tertiary/aromatic N) is 6. The lowest BCUT2D eigenvalue weighted by Gasteiger charge is -2.47. The van der Waals surface area contributed by atoms with Gasteiger partial charge >= 0.3 is 24.0 Å². The summed E-state index contributed by atoms with van der Waals surface area (Å²) in [5.74, 6) is -3.74. The van der Waals surface area contributed by atoms with E-state index < -0.39 is 59.7 Å². The van der Waals surface area contributed by atoms with Crippen LogP contribution in [-0.4, -0.2) is 115 Å². The number of aromatic nitrogens is 2. The van der Waals surface area contributed by atoms with Crippen LogP contribution in [0.1, 0.15) is 101 Å². The molecule has 0 radical (unpaired) electrons. The lowest BCUT2D eigenvalue weighted by atomic mass is 9.76. The Morgan fingerprint density at radius 1 is 0.810 bits per heavy atom. The molecule has 2 saturated heterocycles. The van der Waals surface area contributed by atoms with Crippen molar-refractivity contribution in [2.75, 3.05) is 32.2 Å². The third-order valence-corrected chi connectivity index (χ3v) is 13.3. The number of carbonyl (C=O) groups excluding carboxylic acids is 5. The van der Waals surface area contributed by atoms with Gasteiger partial charge in [-0.15, -0.1) is 0 Å². The van der Waals surface area contributed by atoms with Crippen molar-refractivity contribution < 1.29 is 38.6 Å². The summed E-state index contributed by atoms with van der Waals surface area (Å²) in [5.41, 5.74) is 14.2. The van der Waals surface area contributed by atoms with Crippen LogP contribution in [0.25, 0.3) is 0 Å². The molecule has 4 aliphatic rings. The Balaban J connectivity index is 1.11. The zero-order chi connectivity index (χ0) is 42.0. The molecule has 16 heteroatoms. The van der Waals surface area contributed by atoms with Crippen LogP contribution in [0.5, 0.6) is 0 Å². The first-order chi connectivity index (χ1) is 27.6. The molecule has 2 aliphatic carbocycles. The summed E-state index contributed by atoms with van der Waals surface area (Å²) in [6, 6.07) is 2.92. The smallest absolute Gasteiger partial charge is 0.330 e. The Kier molecular flexibility index (Phi) is 12.9. The third-order valence-electron chi connectivity index (χ3n) is 13.3. The number of urea groups is 2. The third kappa shape index (κ3) is 8.46. The number of ether oxygens (including phenoxy) is 1. The van der Waals surface area contributed by atoms with Gasteiger partial charge in [0.15, 0.2) is 12.1 Å². The SMILES string of the molecule is CCOC(=O)[C@@H]1[C@@H](Cc2ccnc(N)c2)C(=O)N1C(=O)N(C)C(C)C1CCCC(c2cc(C[C@H]3C(=O)N(C(=O)N(C)C(C)C4CCCCC4)[C@@H]3C(=O)O)cc(N)n2)C1. The number of esters is 1. The van der Waals surface area contributed by atoms with Crippen molar-refractivity contribution in [1.82, 2.24) is 29.6 Å². The molecule has 0 bridgehead atoms. The van der Waals surface area contributed by atoms with Gasteiger partial charge in [0.05, 0.1) is 18.4 Å². The molecule has 4 fully saturated rings. The molecular formula is C42H58N8O8. The fraction of sp³-hybridized carbons (Fsp3) is 0.619. The number of nitrogens with two attached hydrogens (primary N) is 2. The zero-order valence-corrected chi connectivity index (χ0v) is 34.2. The number of β-lactam (4-membered cyclic amide) rings is 2. The highest BCUT2D eigenvalue weighted by molar-refractivity contribution is 6.08.